The molecule has 0 aliphatic heterocycles. The Morgan fingerprint density at radius 1 is 1.38 bits per heavy atom. The van der Waals surface area contributed by atoms with Crippen LogP contribution in [-0.2, 0) is 9.53 Å². The molecular formula is C12H17NO3. The van der Waals surface area contributed by atoms with Crippen molar-refractivity contribution in [3.63, 3.8) is 0 Å². The molecule has 0 fully saturated rings. The molecule has 2 N–H and O–H groups in total. The van der Waals surface area contributed by atoms with E-state index in [0.717, 1.165) is 11.3 Å². The first-order valence-corrected chi connectivity index (χ1v) is 5.12. The molecule has 0 unspecified atom stereocenters. The zero-order valence-corrected chi connectivity index (χ0v) is 9.60. The molecule has 0 saturated heterocycles. The minimum atomic E-state index is -0.263. The van der Waals surface area contributed by atoms with Gasteiger partial charge in [0.1, 0.15) is 5.75 Å². The molecule has 1 aromatic rings. The molecule has 0 amide bonds. The van der Waals surface area contributed by atoms with E-state index >= 15 is 0 Å². The summed E-state index contributed by atoms with van der Waals surface area (Å²) in [6, 6.07) is 7.56. The molecule has 16 heavy (non-hydrogen) atoms. The van der Waals surface area contributed by atoms with Gasteiger partial charge in [-0.25, -0.2) is 0 Å². The van der Waals surface area contributed by atoms with Crippen molar-refractivity contribution in [2.24, 2.45) is 5.73 Å². The van der Waals surface area contributed by atoms with Gasteiger partial charge in [0.2, 0.25) is 0 Å². The Balaban J connectivity index is 2.89. The number of rotatable bonds is 5. The molecule has 4 heteroatoms. The number of nitrogens with two attached hydrogens (primary N) is 1. The van der Waals surface area contributed by atoms with Gasteiger partial charge >= 0.3 is 5.97 Å². The summed E-state index contributed by atoms with van der Waals surface area (Å²) >= 11 is 0. The third kappa shape index (κ3) is 2.97. The summed E-state index contributed by atoms with van der Waals surface area (Å²) in [6.45, 7) is 0.384. The van der Waals surface area contributed by atoms with Crippen molar-refractivity contribution in [1.29, 1.82) is 0 Å². The number of hydrogen-bond acceptors (Lipinski definition) is 4. The maximum absolute atomic E-state index is 11.2. The molecule has 0 heterocycles. The number of para-hydroxylation sites is 1. The van der Waals surface area contributed by atoms with E-state index in [1.807, 2.05) is 24.3 Å². The lowest BCUT2D eigenvalue weighted by Crippen LogP contribution is -2.17. The first-order chi connectivity index (χ1) is 7.72. The van der Waals surface area contributed by atoms with Crippen LogP contribution >= 0.6 is 0 Å². The van der Waals surface area contributed by atoms with Crippen LogP contribution in [0.2, 0.25) is 0 Å². The number of benzene rings is 1. The number of hydrogen-bond donors (Lipinski definition) is 1. The fourth-order valence-corrected chi connectivity index (χ4v) is 1.61. The minimum absolute atomic E-state index is 0.0661. The quantitative estimate of drug-likeness (QED) is 0.764. The molecular weight excluding hydrogens is 206 g/mol. The normalized spacial score (nSPS) is 11.9. The van der Waals surface area contributed by atoms with Crippen LogP contribution in [0.3, 0.4) is 0 Å². The van der Waals surface area contributed by atoms with Gasteiger partial charge in [0.25, 0.3) is 0 Å². The van der Waals surface area contributed by atoms with E-state index in [2.05, 4.69) is 4.74 Å². The van der Waals surface area contributed by atoms with Crippen molar-refractivity contribution in [3.05, 3.63) is 29.8 Å². The van der Waals surface area contributed by atoms with Gasteiger partial charge in [0, 0.05) is 5.92 Å². The lowest BCUT2D eigenvalue weighted by Gasteiger charge is -2.16. The van der Waals surface area contributed by atoms with E-state index in [4.69, 9.17) is 10.5 Å². The van der Waals surface area contributed by atoms with Crippen molar-refractivity contribution >= 4 is 5.97 Å². The predicted octanol–water partition coefficient (Wildman–Crippen LogP) is 1.30. The number of carbonyl (C=O) groups is 1. The molecule has 0 radical (unpaired) electrons. The van der Waals surface area contributed by atoms with E-state index in [-0.39, 0.29) is 18.3 Å². The Morgan fingerprint density at radius 2 is 2.06 bits per heavy atom. The van der Waals surface area contributed by atoms with Gasteiger partial charge < -0.3 is 15.2 Å². The Morgan fingerprint density at radius 3 is 2.62 bits per heavy atom. The summed E-state index contributed by atoms with van der Waals surface area (Å²) in [6.07, 6.45) is 0.271. The molecule has 1 rings (SSSR count). The molecule has 88 valence electrons. The number of ether oxygens (including phenoxy) is 2. The van der Waals surface area contributed by atoms with E-state index in [0.29, 0.717) is 6.54 Å². The van der Waals surface area contributed by atoms with Crippen molar-refractivity contribution in [2.75, 3.05) is 20.8 Å². The summed E-state index contributed by atoms with van der Waals surface area (Å²) < 4.78 is 9.88. The predicted molar refractivity (Wildman–Crippen MR) is 61.4 cm³/mol. The first kappa shape index (κ1) is 12.5. The van der Waals surface area contributed by atoms with Crippen molar-refractivity contribution in [2.45, 2.75) is 12.3 Å². The van der Waals surface area contributed by atoms with Gasteiger partial charge in [0.15, 0.2) is 0 Å². The fraction of sp³-hybridized carbons (Fsp3) is 0.417. The lowest BCUT2D eigenvalue weighted by atomic mass is 9.95. The molecule has 1 atom stereocenters. The Labute approximate surface area is 95.3 Å². The van der Waals surface area contributed by atoms with Gasteiger partial charge in [-0.1, -0.05) is 18.2 Å². The van der Waals surface area contributed by atoms with Crippen LogP contribution in [0.1, 0.15) is 17.9 Å². The Hall–Kier alpha value is -1.55. The highest BCUT2D eigenvalue weighted by atomic mass is 16.5. The largest absolute Gasteiger partial charge is 0.496 e. The van der Waals surface area contributed by atoms with E-state index in [1.54, 1.807) is 7.11 Å². The molecule has 4 nitrogen and oxygen atoms in total. The topological polar surface area (TPSA) is 61.5 Å². The van der Waals surface area contributed by atoms with Crippen LogP contribution in [0.25, 0.3) is 0 Å². The summed E-state index contributed by atoms with van der Waals surface area (Å²) in [5.41, 5.74) is 6.61. The van der Waals surface area contributed by atoms with Crippen molar-refractivity contribution in [3.8, 4) is 5.75 Å². The highest BCUT2D eigenvalue weighted by molar-refractivity contribution is 5.70. The lowest BCUT2D eigenvalue weighted by molar-refractivity contribution is -0.141. The molecule has 0 bridgehead atoms. The molecule has 0 saturated carbocycles. The van der Waals surface area contributed by atoms with Crippen LogP contribution in [0.5, 0.6) is 5.75 Å². The number of methoxy groups -OCH3 is 2. The highest BCUT2D eigenvalue weighted by Gasteiger charge is 2.18. The zero-order chi connectivity index (χ0) is 12.0. The van der Waals surface area contributed by atoms with Gasteiger partial charge in [-0.2, -0.15) is 0 Å². The molecule has 1 aromatic carbocycles. The van der Waals surface area contributed by atoms with Crippen molar-refractivity contribution in [1.82, 2.24) is 0 Å². The van der Waals surface area contributed by atoms with Gasteiger partial charge in [-0.15, -0.1) is 0 Å². The van der Waals surface area contributed by atoms with Gasteiger partial charge in [-0.05, 0) is 18.2 Å². The van der Waals surface area contributed by atoms with Crippen LogP contribution < -0.4 is 10.5 Å². The maximum Gasteiger partial charge on any atom is 0.306 e. The maximum atomic E-state index is 11.2. The Kier molecular flexibility index (Phi) is 4.79. The van der Waals surface area contributed by atoms with Gasteiger partial charge in [-0.3, -0.25) is 4.79 Å². The molecule has 0 aromatic heterocycles. The summed E-state index contributed by atoms with van der Waals surface area (Å²) in [4.78, 5) is 11.2. The zero-order valence-electron chi connectivity index (χ0n) is 9.60. The van der Waals surface area contributed by atoms with E-state index in [1.165, 1.54) is 7.11 Å². The average Bonchev–Trinajstić information content (AvgIpc) is 2.35. The average molecular weight is 223 g/mol. The Bertz CT molecular complexity index is 352. The third-order valence-electron chi connectivity index (χ3n) is 2.50. The second kappa shape index (κ2) is 6.12. The monoisotopic (exact) mass is 223 g/mol. The van der Waals surface area contributed by atoms with Crippen LogP contribution in [0.15, 0.2) is 24.3 Å². The summed E-state index contributed by atoms with van der Waals surface area (Å²) in [5, 5.41) is 0. The van der Waals surface area contributed by atoms with E-state index in [9.17, 15) is 4.79 Å². The smallest absolute Gasteiger partial charge is 0.306 e. The SMILES string of the molecule is COC(=O)C[C@H](CN)c1ccccc1OC. The standard InChI is InChI=1S/C12H17NO3/c1-15-11-6-4-3-5-10(11)9(8-13)7-12(14)16-2/h3-6,9H,7-8,13H2,1-2H3/t9-/m1/s1. The highest BCUT2D eigenvalue weighted by Crippen LogP contribution is 2.28. The first-order valence-electron chi connectivity index (χ1n) is 5.12. The summed E-state index contributed by atoms with van der Waals surface area (Å²) in [5.74, 6) is 0.423. The minimum Gasteiger partial charge on any atom is -0.496 e. The number of carbonyl (C=O) groups excluding carboxylic acids is 1. The van der Waals surface area contributed by atoms with Gasteiger partial charge in [0.05, 0.1) is 20.6 Å². The number of esters is 1. The molecule has 0 aliphatic rings. The molecule has 0 aliphatic carbocycles. The second-order valence-corrected chi connectivity index (χ2v) is 3.45. The van der Waals surface area contributed by atoms with Crippen LogP contribution in [0.4, 0.5) is 0 Å². The molecule has 0 spiro atoms. The van der Waals surface area contributed by atoms with Crippen LogP contribution in [-0.4, -0.2) is 26.7 Å². The third-order valence-corrected chi connectivity index (χ3v) is 2.50. The van der Waals surface area contributed by atoms with Crippen LogP contribution in [0, 0.1) is 0 Å². The fourth-order valence-electron chi connectivity index (χ4n) is 1.61. The second-order valence-electron chi connectivity index (χ2n) is 3.45. The van der Waals surface area contributed by atoms with Crippen molar-refractivity contribution < 1.29 is 14.3 Å². The van der Waals surface area contributed by atoms with E-state index < -0.39 is 0 Å². The summed E-state index contributed by atoms with van der Waals surface area (Å²) in [7, 11) is 2.97.